The molecule has 0 aromatic heterocycles. The minimum Gasteiger partial charge on any atom is -0.383 e. The summed E-state index contributed by atoms with van der Waals surface area (Å²) in [5.74, 6) is -0.494. The van der Waals surface area contributed by atoms with Gasteiger partial charge in [0.05, 0.1) is 13.2 Å². The van der Waals surface area contributed by atoms with Gasteiger partial charge in [0.15, 0.2) is 0 Å². The SMILES string of the molecule is COCCNCC(=O)NCCSC(F)(F)F.Cl. The van der Waals surface area contributed by atoms with Gasteiger partial charge in [-0.05, 0) is 11.8 Å². The van der Waals surface area contributed by atoms with Crippen LogP contribution in [0.4, 0.5) is 13.2 Å². The van der Waals surface area contributed by atoms with Crippen LogP contribution in [-0.4, -0.2) is 50.5 Å². The van der Waals surface area contributed by atoms with Crippen molar-refractivity contribution >= 4 is 30.1 Å². The summed E-state index contributed by atoms with van der Waals surface area (Å²) in [4.78, 5) is 11.0. The summed E-state index contributed by atoms with van der Waals surface area (Å²) >= 11 is -0.148. The molecule has 0 spiro atoms. The Kier molecular flexibility index (Phi) is 12.3. The number of hydrogen-bond acceptors (Lipinski definition) is 4. The van der Waals surface area contributed by atoms with Gasteiger partial charge in [0.1, 0.15) is 0 Å². The van der Waals surface area contributed by atoms with Crippen LogP contribution < -0.4 is 10.6 Å². The molecule has 0 aromatic rings. The molecular weight excluding hydrogens is 281 g/mol. The second-order valence-corrected chi connectivity index (χ2v) is 3.97. The third-order valence-corrected chi connectivity index (χ3v) is 2.19. The van der Waals surface area contributed by atoms with Gasteiger partial charge in [0, 0.05) is 26.0 Å². The maximum atomic E-state index is 11.7. The highest BCUT2D eigenvalue weighted by atomic mass is 35.5. The number of amides is 1. The first kappa shape index (κ1) is 19.2. The number of rotatable bonds is 8. The van der Waals surface area contributed by atoms with Crippen molar-refractivity contribution in [3.8, 4) is 0 Å². The lowest BCUT2D eigenvalue weighted by Crippen LogP contribution is -2.36. The zero-order valence-corrected chi connectivity index (χ0v) is 10.9. The Labute approximate surface area is 108 Å². The standard InChI is InChI=1S/C8H15F3N2O2S.ClH/c1-15-4-2-12-6-7(14)13-3-5-16-8(9,10)11;/h12H,2-6H2,1H3,(H,13,14);1H. The van der Waals surface area contributed by atoms with Crippen molar-refractivity contribution in [2.24, 2.45) is 0 Å². The van der Waals surface area contributed by atoms with E-state index in [9.17, 15) is 18.0 Å². The number of carbonyl (C=O) groups excluding carboxylic acids is 1. The predicted octanol–water partition coefficient (Wildman–Crippen LogP) is 1.01. The Morgan fingerprint density at radius 1 is 1.35 bits per heavy atom. The summed E-state index contributed by atoms with van der Waals surface area (Å²) in [6, 6.07) is 0. The number of carbonyl (C=O) groups is 1. The molecule has 1 amide bonds. The van der Waals surface area contributed by atoms with E-state index in [4.69, 9.17) is 4.74 Å². The molecule has 0 bridgehead atoms. The van der Waals surface area contributed by atoms with Crippen molar-refractivity contribution in [1.29, 1.82) is 0 Å². The molecule has 4 nitrogen and oxygen atoms in total. The van der Waals surface area contributed by atoms with E-state index in [-0.39, 0.29) is 48.9 Å². The summed E-state index contributed by atoms with van der Waals surface area (Å²) in [5, 5.41) is 5.15. The molecule has 17 heavy (non-hydrogen) atoms. The van der Waals surface area contributed by atoms with Crippen molar-refractivity contribution in [2.75, 3.05) is 39.1 Å². The van der Waals surface area contributed by atoms with E-state index in [2.05, 4.69) is 10.6 Å². The Morgan fingerprint density at radius 3 is 2.53 bits per heavy atom. The van der Waals surface area contributed by atoms with E-state index in [1.807, 2.05) is 0 Å². The maximum Gasteiger partial charge on any atom is 0.441 e. The smallest absolute Gasteiger partial charge is 0.383 e. The molecule has 0 aliphatic heterocycles. The van der Waals surface area contributed by atoms with Crippen molar-refractivity contribution in [2.45, 2.75) is 5.51 Å². The Balaban J connectivity index is 0. The van der Waals surface area contributed by atoms with E-state index >= 15 is 0 Å². The molecule has 0 rings (SSSR count). The molecular formula is C8H16ClF3N2O2S. The third-order valence-electron chi connectivity index (χ3n) is 1.46. The summed E-state index contributed by atoms with van der Waals surface area (Å²) in [7, 11) is 1.54. The van der Waals surface area contributed by atoms with Crippen molar-refractivity contribution in [3.05, 3.63) is 0 Å². The minimum atomic E-state index is -4.23. The minimum absolute atomic E-state index is 0. The topological polar surface area (TPSA) is 50.4 Å². The second-order valence-electron chi connectivity index (χ2n) is 2.81. The summed E-state index contributed by atoms with van der Waals surface area (Å²) in [6.45, 7) is 1.10. The van der Waals surface area contributed by atoms with Gasteiger partial charge in [-0.15, -0.1) is 12.4 Å². The van der Waals surface area contributed by atoms with Gasteiger partial charge < -0.3 is 15.4 Å². The molecule has 104 valence electrons. The summed E-state index contributed by atoms with van der Waals surface area (Å²) < 4.78 is 39.8. The predicted molar refractivity (Wildman–Crippen MR) is 63.5 cm³/mol. The molecule has 0 aliphatic carbocycles. The van der Waals surface area contributed by atoms with E-state index in [0.29, 0.717) is 13.2 Å². The highest BCUT2D eigenvalue weighted by molar-refractivity contribution is 8.00. The molecule has 0 atom stereocenters. The van der Waals surface area contributed by atoms with Gasteiger partial charge in [-0.1, -0.05) is 0 Å². The summed E-state index contributed by atoms with van der Waals surface area (Å²) in [5.41, 5.74) is -4.23. The molecule has 0 radical (unpaired) electrons. The van der Waals surface area contributed by atoms with Crippen LogP contribution in [0.5, 0.6) is 0 Å². The van der Waals surface area contributed by atoms with Crippen LogP contribution in [0.2, 0.25) is 0 Å². The third kappa shape index (κ3) is 15.8. The quantitative estimate of drug-likeness (QED) is 0.657. The average molecular weight is 297 g/mol. The Bertz CT molecular complexity index is 208. The first-order chi connectivity index (χ1) is 7.45. The number of hydrogen-bond donors (Lipinski definition) is 2. The van der Waals surface area contributed by atoms with Gasteiger partial charge in [0.2, 0.25) is 5.91 Å². The molecule has 0 saturated carbocycles. The molecule has 2 N–H and O–H groups in total. The molecule has 0 aliphatic rings. The lowest BCUT2D eigenvalue weighted by atomic mass is 10.5. The lowest BCUT2D eigenvalue weighted by molar-refractivity contribution is -0.120. The zero-order valence-electron chi connectivity index (χ0n) is 9.30. The van der Waals surface area contributed by atoms with Crippen LogP contribution in [0.25, 0.3) is 0 Å². The van der Waals surface area contributed by atoms with Crippen LogP contribution in [0, 0.1) is 0 Å². The molecule has 0 unspecified atom stereocenters. The number of nitrogens with one attached hydrogen (secondary N) is 2. The maximum absolute atomic E-state index is 11.7. The summed E-state index contributed by atoms with van der Waals surface area (Å²) in [6.07, 6.45) is 0. The number of methoxy groups -OCH3 is 1. The monoisotopic (exact) mass is 296 g/mol. The first-order valence-electron chi connectivity index (χ1n) is 4.63. The number of thioether (sulfide) groups is 1. The fourth-order valence-electron chi connectivity index (χ4n) is 0.796. The highest BCUT2D eigenvalue weighted by Crippen LogP contribution is 2.29. The van der Waals surface area contributed by atoms with Gasteiger partial charge >= 0.3 is 5.51 Å². The fraction of sp³-hybridized carbons (Fsp3) is 0.875. The van der Waals surface area contributed by atoms with Crippen LogP contribution in [0.3, 0.4) is 0 Å². The highest BCUT2D eigenvalue weighted by Gasteiger charge is 2.27. The van der Waals surface area contributed by atoms with E-state index in [1.54, 1.807) is 0 Å². The van der Waals surface area contributed by atoms with E-state index in [1.165, 1.54) is 7.11 Å². The Hall–Kier alpha value is -0.180. The van der Waals surface area contributed by atoms with Gasteiger partial charge in [-0.2, -0.15) is 13.2 Å². The van der Waals surface area contributed by atoms with E-state index < -0.39 is 5.51 Å². The van der Waals surface area contributed by atoms with Crippen LogP contribution in [-0.2, 0) is 9.53 Å². The average Bonchev–Trinajstić information content (AvgIpc) is 2.18. The van der Waals surface area contributed by atoms with E-state index in [0.717, 1.165) is 0 Å². The first-order valence-corrected chi connectivity index (χ1v) is 5.61. The fourth-order valence-corrected chi connectivity index (χ4v) is 1.23. The van der Waals surface area contributed by atoms with Gasteiger partial charge in [0.25, 0.3) is 0 Å². The van der Waals surface area contributed by atoms with Crippen molar-refractivity contribution < 1.29 is 22.7 Å². The molecule has 0 aromatic carbocycles. The van der Waals surface area contributed by atoms with Gasteiger partial charge in [-0.3, -0.25) is 4.79 Å². The van der Waals surface area contributed by atoms with Gasteiger partial charge in [-0.25, -0.2) is 0 Å². The second kappa shape index (κ2) is 10.9. The molecule has 0 fully saturated rings. The Morgan fingerprint density at radius 2 is 2.00 bits per heavy atom. The van der Waals surface area contributed by atoms with Crippen LogP contribution in [0.15, 0.2) is 0 Å². The van der Waals surface area contributed by atoms with Crippen LogP contribution in [0.1, 0.15) is 0 Å². The molecule has 9 heteroatoms. The number of halogens is 4. The van der Waals surface area contributed by atoms with Crippen molar-refractivity contribution in [3.63, 3.8) is 0 Å². The van der Waals surface area contributed by atoms with Crippen molar-refractivity contribution in [1.82, 2.24) is 10.6 Å². The zero-order chi connectivity index (χ0) is 12.4. The normalized spacial score (nSPS) is 10.8. The number of alkyl halides is 3. The molecule has 0 saturated heterocycles. The lowest BCUT2D eigenvalue weighted by Gasteiger charge is -2.07. The molecule has 0 heterocycles. The number of ether oxygens (including phenoxy) is 1. The largest absolute Gasteiger partial charge is 0.441 e. The van der Waals surface area contributed by atoms with Crippen LogP contribution >= 0.6 is 24.2 Å².